The summed E-state index contributed by atoms with van der Waals surface area (Å²) in [6, 6.07) is 5.29. The molecule has 0 aromatic heterocycles. The van der Waals surface area contributed by atoms with Crippen LogP contribution in [-0.2, 0) is 0 Å². The zero-order valence-electron chi connectivity index (χ0n) is 8.13. The summed E-state index contributed by atoms with van der Waals surface area (Å²) in [5.74, 6) is 0.793. The van der Waals surface area contributed by atoms with Gasteiger partial charge in [-0.2, -0.15) is 0 Å². The van der Waals surface area contributed by atoms with Gasteiger partial charge in [-0.1, -0.05) is 0 Å². The van der Waals surface area contributed by atoms with Gasteiger partial charge in [0.15, 0.2) is 5.78 Å². The Morgan fingerprint density at radius 3 is 2.79 bits per heavy atom. The second kappa shape index (κ2) is 5.12. The Labute approximate surface area is 91.6 Å². The fraction of sp³-hybridized carbons (Fsp3) is 0.300. The predicted molar refractivity (Wildman–Crippen MR) is 59.0 cm³/mol. The third kappa shape index (κ3) is 2.56. The normalized spacial score (nSPS) is 9.93. The quantitative estimate of drug-likeness (QED) is 0.838. The summed E-state index contributed by atoms with van der Waals surface area (Å²) in [6.07, 6.45) is 0. The van der Waals surface area contributed by atoms with Crippen molar-refractivity contribution in [1.29, 1.82) is 0 Å². The average Bonchev–Trinajstić information content (AvgIpc) is 2.18. The van der Waals surface area contributed by atoms with Gasteiger partial charge < -0.3 is 10.1 Å². The van der Waals surface area contributed by atoms with Crippen LogP contribution in [-0.4, -0.2) is 26.5 Å². The number of halogens is 1. The smallest absolute Gasteiger partial charge is 0.176 e. The van der Waals surface area contributed by atoms with E-state index in [-0.39, 0.29) is 5.78 Å². The van der Waals surface area contributed by atoms with Crippen molar-refractivity contribution in [2.24, 2.45) is 0 Å². The van der Waals surface area contributed by atoms with E-state index in [1.807, 2.05) is 0 Å². The van der Waals surface area contributed by atoms with Crippen molar-refractivity contribution in [3.8, 4) is 5.75 Å². The Kier molecular flexibility index (Phi) is 4.10. The summed E-state index contributed by atoms with van der Waals surface area (Å²) in [7, 11) is 3.34. The number of nitrogens with one attached hydrogen (secondary N) is 1. The third-order valence-electron chi connectivity index (χ3n) is 1.81. The van der Waals surface area contributed by atoms with Crippen LogP contribution in [0.5, 0.6) is 5.75 Å². The first kappa shape index (κ1) is 11.2. The molecule has 0 amide bonds. The van der Waals surface area contributed by atoms with Gasteiger partial charge in [-0.25, -0.2) is 0 Å². The van der Waals surface area contributed by atoms with E-state index in [0.29, 0.717) is 12.1 Å². The van der Waals surface area contributed by atoms with E-state index in [4.69, 9.17) is 4.74 Å². The molecule has 0 spiro atoms. The van der Waals surface area contributed by atoms with Crippen LogP contribution >= 0.6 is 15.9 Å². The van der Waals surface area contributed by atoms with E-state index in [1.165, 1.54) is 0 Å². The van der Waals surface area contributed by atoms with Gasteiger partial charge in [-0.15, -0.1) is 0 Å². The number of ketones is 1. The first-order chi connectivity index (χ1) is 6.69. The molecule has 0 saturated heterocycles. The molecule has 1 aromatic carbocycles. The van der Waals surface area contributed by atoms with Crippen molar-refractivity contribution in [3.63, 3.8) is 0 Å². The van der Waals surface area contributed by atoms with Crippen molar-refractivity contribution in [1.82, 2.24) is 5.32 Å². The van der Waals surface area contributed by atoms with Crippen LogP contribution in [0.3, 0.4) is 0 Å². The fourth-order valence-electron chi connectivity index (χ4n) is 1.10. The molecule has 0 bridgehead atoms. The molecule has 3 nitrogen and oxygen atoms in total. The highest BCUT2D eigenvalue weighted by atomic mass is 79.9. The second-order valence-corrected chi connectivity index (χ2v) is 3.66. The molecule has 0 unspecified atom stereocenters. The van der Waals surface area contributed by atoms with Gasteiger partial charge in [0.05, 0.1) is 18.1 Å². The summed E-state index contributed by atoms with van der Waals surface area (Å²) in [6.45, 7) is 0.346. The Morgan fingerprint density at radius 1 is 1.57 bits per heavy atom. The SMILES string of the molecule is CNCC(=O)c1ccc(OC)c(Br)c1. The molecule has 76 valence electrons. The highest BCUT2D eigenvalue weighted by molar-refractivity contribution is 9.10. The van der Waals surface area contributed by atoms with Crippen LogP contribution in [0, 0.1) is 0 Å². The Morgan fingerprint density at radius 2 is 2.29 bits per heavy atom. The minimum absolute atomic E-state index is 0.0656. The lowest BCUT2D eigenvalue weighted by atomic mass is 10.1. The maximum atomic E-state index is 11.5. The molecule has 1 aromatic rings. The number of hydrogen-bond donors (Lipinski definition) is 1. The second-order valence-electron chi connectivity index (χ2n) is 2.80. The van der Waals surface area contributed by atoms with Crippen molar-refractivity contribution >= 4 is 21.7 Å². The minimum atomic E-state index is 0.0656. The van der Waals surface area contributed by atoms with Crippen LogP contribution in [0.1, 0.15) is 10.4 Å². The van der Waals surface area contributed by atoms with Crippen LogP contribution in [0.4, 0.5) is 0 Å². The lowest BCUT2D eigenvalue weighted by Crippen LogP contribution is -2.18. The number of Topliss-reactive ketones (excluding diaryl/α,β-unsaturated/α-hetero) is 1. The number of likely N-dealkylation sites (N-methyl/N-ethyl adjacent to an activating group) is 1. The van der Waals surface area contributed by atoms with Gasteiger partial charge in [-0.3, -0.25) is 4.79 Å². The molecule has 0 saturated carbocycles. The number of rotatable bonds is 4. The summed E-state index contributed by atoms with van der Waals surface area (Å²) in [5.41, 5.74) is 0.673. The van der Waals surface area contributed by atoms with Crippen molar-refractivity contribution in [3.05, 3.63) is 28.2 Å². The van der Waals surface area contributed by atoms with E-state index >= 15 is 0 Å². The molecule has 0 fully saturated rings. The standard InChI is InChI=1S/C10H12BrNO2/c1-12-6-9(13)7-3-4-10(14-2)8(11)5-7/h3-5,12H,6H2,1-2H3. The maximum Gasteiger partial charge on any atom is 0.176 e. The third-order valence-corrected chi connectivity index (χ3v) is 2.43. The Balaban J connectivity index is 2.91. The summed E-state index contributed by atoms with van der Waals surface area (Å²) < 4.78 is 5.86. The van der Waals surface area contributed by atoms with Crippen molar-refractivity contribution in [2.45, 2.75) is 0 Å². The lowest BCUT2D eigenvalue weighted by Gasteiger charge is -2.05. The molecule has 0 atom stereocenters. The maximum absolute atomic E-state index is 11.5. The first-order valence-electron chi connectivity index (χ1n) is 4.20. The van der Waals surface area contributed by atoms with Gasteiger partial charge in [0, 0.05) is 5.56 Å². The largest absolute Gasteiger partial charge is 0.496 e. The van der Waals surface area contributed by atoms with E-state index < -0.39 is 0 Å². The Bertz CT molecular complexity index is 339. The number of methoxy groups -OCH3 is 1. The highest BCUT2D eigenvalue weighted by Gasteiger charge is 2.07. The molecule has 0 heterocycles. The summed E-state index contributed by atoms with van der Waals surface area (Å²) in [5, 5.41) is 2.82. The number of carbonyl (C=O) groups excluding carboxylic acids is 1. The van der Waals surface area contributed by atoms with E-state index in [1.54, 1.807) is 32.4 Å². The molecule has 4 heteroatoms. The minimum Gasteiger partial charge on any atom is -0.496 e. The molecule has 1 N–H and O–H groups in total. The zero-order chi connectivity index (χ0) is 10.6. The van der Waals surface area contributed by atoms with Crippen molar-refractivity contribution in [2.75, 3.05) is 20.7 Å². The van der Waals surface area contributed by atoms with Crippen LogP contribution in [0.15, 0.2) is 22.7 Å². The topological polar surface area (TPSA) is 38.3 Å². The van der Waals surface area contributed by atoms with Gasteiger partial charge in [0.1, 0.15) is 5.75 Å². The molecular weight excluding hydrogens is 246 g/mol. The molecule has 0 aliphatic heterocycles. The van der Waals surface area contributed by atoms with Gasteiger partial charge in [0.25, 0.3) is 0 Å². The summed E-state index contributed by atoms with van der Waals surface area (Å²) in [4.78, 5) is 11.5. The first-order valence-corrected chi connectivity index (χ1v) is 4.99. The molecule has 1 rings (SSSR count). The van der Waals surface area contributed by atoms with Crippen LogP contribution < -0.4 is 10.1 Å². The number of carbonyl (C=O) groups is 1. The average molecular weight is 258 g/mol. The van der Waals surface area contributed by atoms with E-state index in [9.17, 15) is 4.79 Å². The zero-order valence-corrected chi connectivity index (χ0v) is 9.72. The molecular formula is C10H12BrNO2. The monoisotopic (exact) mass is 257 g/mol. The molecule has 0 radical (unpaired) electrons. The van der Waals surface area contributed by atoms with E-state index in [2.05, 4.69) is 21.2 Å². The van der Waals surface area contributed by atoms with Gasteiger partial charge in [-0.05, 0) is 41.2 Å². The molecule has 0 aliphatic carbocycles. The van der Waals surface area contributed by atoms with Crippen molar-refractivity contribution < 1.29 is 9.53 Å². The molecule has 14 heavy (non-hydrogen) atoms. The van der Waals surface area contributed by atoms with Crippen LogP contribution in [0.2, 0.25) is 0 Å². The number of ether oxygens (including phenoxy) is 1. The van der Waals surface area contributed by atoms with Gasteiger partial charge >= 0.3 is 0 Å². The fourth-order valence-corrected chi connectivity index (χ4v) is 1.64. The van der Waals surface area contributed by atoms with Crippen LogP contribution in [0.25, 0.3) is 0 Å². The lowest BCUT2D eigenvalue weighted by molar-refractivity contribution is 0.0993. The molecule has 0 aliphatic rings. The highest BCUT2D eigenvalue weighted by Crippen LogP contribution is 2.25. The predicted octanol–water partition coefficient (Wildman–Crippen LogP) is 1.86. The Hall–Kier alpha value is -0.870. The number of benzene rings is 1. The van der Waals surface area contributed by atoms with E-state index in [0.717, 1.165) is 10.2 Å². The van der Waals surface area contributed by atoms with Gasteiger partial charge in [0.2, 0.25) is 0 Å². The number of hydrogen-bond acceptors (Lipinski definition) is 3. The summed E-state index contributed by atoms with van der Waals surface area (Å²) >= 11 is 3.33.